The number of methoxy groups -OCH3 is 2. The van der Waals surface area contributed by atoms with Crippen LogP contribution < -0.4 is 14.8 Å². The van der Waals surface area contributed by atoms with Gasteiger partial charge in [-0.25, -0.2) is 0 Å². The van der Waals surface area contributed by atoms with Crippen molar-refractivity contribution in [2.24, 2.45) is 0 Å². The zero-order valence-electron chi connectivity index (χ0n) is 12.3. The van der Waals surface area contributed by atoms with Gasteiger partial charge in [-0.15, -0.1) is 0 Å². The lowest BCUT2D eigenvalue weighted by atomic mass is 10.0. The highest BCUT2D eigenvalue weighted by atomic mass is 16.5. The first-order chi connectivity index (χ1) is 9.81. The summed E-state index contributed by atoms with van der Waals surface area (Å²) in [5, 5.41) is 13.2. The molecule has 1 heterocycles. The van der Waals surface area contributed by atoms with Gasteiger partial charge in [0, 0.05) is 25.2 Å². The van der Waals surface area contributed by atoms with E-state index in [1.807, 2.05) is 18.2 Å². The molecule has 5 nitrogen and oxygen atoms in total. The van der Waals surface area contributed by atoms with Crippen LogP contribution in [-0.2, 0) is 0 Å². The van der Waals surface area contributed by atoms with Gasteiger partial charge in [-0.1, -0.05) is 12.1 Å². The largest absolute Gasteiger partial charge is 0.493 e. The molecule has 0 aliphatic carbocycles. The topological polar surface area (TPSA) is 54.0 Å². The molecule has 1 aromatic carbocycles. The monoisotopic (exact) mass is 280 g/mol. The molecule has 0 aromatic heterocycles. The Morgan fingerprint density at radius 3 is 2.80 bits per heavy atom. The second-order valence-electron chi connectivity index (χ2n) is 4.92. The van der Waals surface area contributed by atoms with Crippen LogP contribution in [0.15, 0.2) is 18.2 Å². The van der Waals surface area contributed by atoms with Crippen molar-refractivity contribution in [3.63, 3.8) is 0 Å². The molecule has 0 bridgehead atoms. The molecule has 1 atom stereocenters. The second-order valence-corrected chi connectivity index (χ2v) is 4.92. The standard InChI is InChI=1S/C15H24N2O3/c1-19-14-6-3-5-12(15(14)20-2)13(11-18)17-9-4-7-16-8-10-17/h3,5-6,13,16,18H,4,7-11H2,1-2H3. The van der Waals surface area contributed by atoms with Crippen molar-refractivity contribution >= 4 is 0 Å². The average Bonchev–Trinajstić information content (AvgIpc) is 2.77. The first-order valence-corrected chi connectivity index (χ1v) is 7.08. The summed E-state index contributed by atoms with van der Waals surface area (Å²) in [6.07, 6.45) is 1.09. The summed E-state index contributed by atoms with van der Waals surface area (Å²) in [7, 11) is 3.27. The number of aliphatic hydroxyl groups is 1. The fourth-order valence-electron chi connectivity index (χ4n) is 2.76. The maximum atomic E-state index is 9.85. The van der Waals surface area contributed by atoms with Crippen molar-refractivity contribution in [1.82, 2.24) is 10.2 Å². The summed E-state index contributed by atoms with van der Waals surface area (Å²) in [6, 6.07) is 5.76. The molecule has 1 aliphatic rings. The first-order valence-electron chi connectivity index (χ1n) is 7.08. The van der Waals surface area contributed by atoms with E-state index in [1.54, 1.807) is 14.2 Å². The van der Waals surface area contributed by atoms with Crippen LogP contribution in [0, 0.1) is 0 Å². The van der Waals surface area contributed by atoms with Crippen LogP contribution in [-0.4, -0.2) is 57.0 Å². The molecule has 0 radical (unpaired) electrons. The number of benzene rings is 1. The molecule has 1 aromatic rings. The Kier molecular flexibility index (Phi) is 5.64. The van der Waals surface area contributed by atoms with Gasteiger partial charge >= 0.3 is 0 Å². The molecule has 2 rings (SSSR count). The predicted molar refractivity (Wildman–Crippen MR) is 78.4 cm³/mol. The fraction of sp³-hybridized carbons (Fsp3) is 0.600. The van der Waals surface area contributed by atoms with E-state index >= 15 is 0 Å². The molecule has 1 aliphatic heterocycles. The molecule has 112 valence electrons. The summed E-state index contributed by atoms with van der Waals surface area (Å²) in [4.78, 5) is 2.30. The SMILES string of the molecule is COc1cccc(C(CO)N2CCCNCC2)c1OC. The third-order valence-corrected chi connectivity index (χ3v) is 3.78. The van der Waals surface area contributed by atoms with Crippen LogP contribution in [0.2, 0.25) is 0 Å². The number of nitrogens with one attached hydrogen (secondary N) is 1. The molecule has 20 heavy (non-hydrogen) atoms. The molecule has 5 heteroatoms. The Labute approximate surface area is 120 Å². The number of para-hydroxylation sites is 1. The Morgan fingerprint density at radius 1 is 1.25 bits per heavy atom. The second kappa shape index (κ2) is 7.47. The Bertz CT molecular complexity index is 418. The lowest BCUT2D eigenvalue weighted by Gasteiger charge is -2.30. The predicted octanol–water partition coefficient (Wildman–Crippen LogP) is 1.03. The Morgan fingerprint density at radius 2 is 2.10 bits per heavy atom. The number of hydrogen-bond donors (Lipinski definition) is 2. The van der Waals surface area contributed by atoms with Crippen molar-refractivity contribution in [2.45, 2.75) is 12.5 Å². The molecule has 1 unspecified atom stereocenters. The van der Waals surface area contributed by atoms with Gasteiger partial charge in [0.05, 0.1) is 26.9 Å². The molecule has 0 spiro atoms. The fourth-order valence-corrected chi connectivity index (χ4v) is 2.76. The third-order valence-electron chi connectivity index (χ3n) is 3.78. The van der Waals surface area contributed by atoms with Crippen LogP contribution in [0.1, 0.15) is 18.0 Å². The first kappa shape index (κ1) is 15.1. The van der Waals surface area contributed by atoms with Crippen LogP contribution in [0.3, 0.4) is 0 Å². The van der Waals surface area contributed by atoms with Gasteiger partial charge in [0.15, 0.2) is 11.5 Å². The van der Waals surface area contributed by atoms with Crippen molar-refractivity contribution in [3.8, 4) is 11.5 Å². The highest BCUT2D eigenvalue weighted by Gasteiger charge is 2.25. The van der Waals surface area contributed by atoms with E-state index in [9.17, 15) is 5.11 Å². The quantitative estimate of drug-likeness (QED) is 0.844. The minimum absolute atomic E-state index is 0.0556. The molecule has 0 amide bonds. The van der Waals surface area contributed by atoms with E-state index in [-0.39, 0.29) is 12.6 Å². The Hall–Kier alpha value is -1.30. The van der Waals surface area contributed by atoms with E-state index < -0.39 is 0 Å². The molecular formula is C15H24N2O3. The summed E-state index contributed by atoms with van der Waals surface area (Å²) < 4.78 is 10.8. The van der Waals surface area contributed by atoms with Crippen LogP contribution >= 0.6 is 0 Å². The highest BCUT2D eigenvalue weighted by Crippen LogP contribution is 2.36. The van der Waals surface area contributed by atoms with Gasteiger partial charge in [-0.05, 0) is 19.0 Å². The molecule has 2 N–H and O–H groups in total. The molecule has 0 saturated carbocycles. The summed E-state index contributed by atoms with van der Waals surface area (Å²) in [5.74, 6) is 1.42. The maximum absolute atomic E-state index is 9.85. The van der Waals surface area contributed by atoms with Gasteiger partial charge in [0.1, 0.15) is 0 Å². The van der Waals surface area contributed by atoms with Crippen molar-refractivity contribution in [1.29, 1.82) is 0 Å². The van der Waals surface area contributed by atoms with Crippen LogP contribution in [0.25, 0.3) is 0 Å². The van der Waals surface area contributed by atoms with E-state index in [0.717, 1.165) is 38.2 Å². The van der Waals surface area contributed by atoms with E-state index in [1.165, 1.54) is 0 Å². The van der Waals surface area contributed by atoms with Gasteiger partial charge in [-0.2, -0.15) is 0 Å². The molecule has 1 fully saturated rings. The van der Waals surface area contributed by atoms with Crippen LogP contribution in [0.4, 0.5) is 0 Å². The van der Waals surface area contributed by atoms with Gasteiger partial charge in [-0.3, -0.25) is 4.90 Å². The summed E-state index contributed by atoms with van der Waals surface area (Å²) >= 11 is 0. The van der Waals surface area contributed by atoms with Crippen molar-refractivity contribution in [2.75, 3.05) is 47.0 Å². The summed E-state index contributed by atoms with van der Waals surface area (Å²) in [6.45, 7) is 3.94. The van der Waals surface area contributed by atoms with Crippen LogP contribution in [0.5, 0.6) is 11.5 Å². The lowest BCUT2D eigenvalue weighted by molar-refractivity contribution is 0.127. The zero-order chi connectivity index (χ0) is 14.4. The molecule has 1 saturated heterocycles. The summed E-state index contributed by atoms with van der Waals surface area (Å²) in [5.41, 5.74) is 0.983. The maximum Gasteiger partial charge on any atom is 0.165 e. The van der Waals surface area contributed by atoms with E-state index in [4.69, 9.17) is 9.47 Å². The van der Waals surface area contributed by atoms with Gasteiger partial charge in [0.25, 0.3) is 0 Å². The number of rotatable bonds is 5. The third kappa shape index (κ3) is 3.23. The number of hydrogen-bond acceptors (Lipinski definition) is 5. The minimum Gasteiger partial charge on any atom is -0.493 e. The minimum atomic E-state index is -0.0556. The number of nitrogens with zero attached hydrogens (tertiary/aromatic N) is 1. The lowest BCUT2D eigenvalue weighted by Crippen LogP contribution is -2.34. The van der Waals surface area contributed by atoms with Gasteiger partial charge < -0.3 is 19.9 Å². The normalized spacial score (nSPS) is 18.4. The van der Waals surface area contributed by atoms with Crippen molar-refractivity contribution < 1.29 is 14.6 Å². The smallest absolute Gasteiger partial charge is 0.165 e. The number of aliphatic hydroxyl groups excluding tert-OH is 1. The van der Waals surface area contributed by atoms with Crippen molar-refractivity contribution in [3.05, 3.63) is 23.8 Å². The average molecular weight is 280 g/mol. The highest BCUT2D eigenvalue weighted by molar-refractivity contribution is 5.48. The number of ether oxygens (including phenoxy) is 2. The molecular weight excluding hydrogens is 256 g/mol. The van der Waals surface area contributed by atoms with E-state index in [0.29, 0.717) is 11.5 Å². The zero-order valence-corrected chi connectivity index (χ0v) is 12.3. The Balaban J connectivity index is 2.30. The van der Waals surface area contributed by atoms with Gasteiger partial charge in [0.2, 0.25) is 0 Å². The van der Waals surface area contributed by atoms with E-state index in [2.05, 4.69) is 10.2 Å².